The van der Waals surface area contributed by atoms with Gasteiger partial charge in [-0.1, -0.05) is 12.1 Å². The fraction of sp³-hybridized carbons (Fsp3) is 0.250. The quantitative estimate of drug-likeness (QED) is 0.808. The number of halogens is 1. The zero-order chi connectivity index (χ0) is 15.9. The van der Waals surface area contributed by atoms with Crippen molar-refractivity contribution in [1.29, 1.82) is 0 Å². The van der Waals surface area contributed by atoms with Crippen LogP contribution in [-0.4, -0.2) is 32.4 Å². The first-order valence-electron chi connectivity index (χ1n) is 6.97. The monoisotopic (exact) mass is 300 g/mol. The number of hydrogen-bond acceptors (Lipinski definition) is 2. The number of carbonyl (C=O) groups is 1. The summed E-state index contributed by atoms with van der Waals surface area (Å²) in [6.07, 6.45) is 3.28. The zero-order valence-corrected chi connectivity index (χ0v) is 12.7. The summed E-state index contributed by atoms with van der Waals surface area (Å²) in [5.74, 6) is -0.483. The van der Waals surface area contributed by atoms with Gasteiger partial charge in [-0.2, -0.15) is 0 Å². The Morgan fingerprint density at radius 3 is 2.91 bits per heavy atom. The van der Waals surface area contributed by atoms with Crippen molar-refractivity contribution in [3.8, 4) is 0 Å². The summed E-state index contributed by atoms with van der Waals surface area (Å²) in [5.41, 5.74) is 2.69. The number of para-hydroxylation sites is 1. The Balaban J connectivity index is 1.95. The molecule has 2 aromatic heterocycles. The van der Waals surface area contributed by atoms with E-state index in [1.54, 1.807) is 48.2 Å². The van der Waals surface area contributed by atoms with Gasteiger partial charge in [0.1, 0.15) is 5.82 Å². The van der Waals surface area contributed by atoms with Crippen molar-refractivity contribution in [2.45, 2.75) is 13.5 Å². The van der Waals surface area contributed by atoms with Crippen molar-refractivity contribution in [3.05, 3.63) is 53.5 Å². The Kier molecular flexibility index (Phi) is 3.44. The van der Waals surface area contributed by atoms with E-state index in [4.69, 9.17) is 0 Å². The van der Waals surface area contributed by atoms with Gasteiger partial charge in [0.15, 0.2) is 0 Å². The van der Waals surface area contributed by atoms with Crippen molar-refractivity contribution in [1.82, 2.24) is 19.4 Å². The number of benzene rings is 1. The molecule has 0 aliphatic rings. The molecule has 1 N–H and O–H groups in total. The summed E-state index contributed by atoms with van der Waals surface area (Å²) in [7, 11) is 3.45. The number of nitrogens with one attached hydrogen (secondary N) is 1. The third-order valence-electron chi connectivity index (χ3n) is 3.85. The van der Waals surface area contributed by atoms with E-state index < -0.39 is 0 Å². The van der Waals surface area contributed by atoms with Crippen molar-refractivity contribution in [2.75, 3.05) is 7.05 Å². The molecule has 2 heterocycles. The minimum Gasteiger partial charge on any atom is -0.348 e. The molecule has 114 valence electrons. The van der Waals surface area contributed by atoms with Crippen molar-refractivity contribution in [2.24, 2.45) is 7.05 Å². The predicted molar refractivity (Wildman–Crippen MR) is 82.0 cm³/mol. The predicted octanol–water partition coefficient (Wildman–Crippen LogP) is 2.62. The van der Waals surface area contributed by atoms with E-state index in [2.05, 4.69) is 9.97 Å². The maximum atomic E-state index is 13.9. The van der Waals surface area contributed by atoms with Gasteiger partial charge in [0, 0.05) is 31.4 Å². The van der Waals surface area contributed by atoms with E-state index in [1.165, 1.54) is 6.07 Å². The van der Waals surface area contributed by atoms with Gasteiger partial charge in [0.05, 0.1) is 29.6 Å². The average Bonchev–Trinajstić information content (AvgIpc) is 3.03. The van der Waals surface area contributed by atoms with E-state index in [-0.39, 0.29) is 11.7 Å². The number of aryl methyl sites for hydroxylation is 2. The van der Waals surface area contributed by atoms with E-state index in [0.29, 0.717) is 23.0 Å². The summed E-state index contributed by atoms with van der Waals surface area (Å²) < 4.78 is 15.6. The molecule has 0 saturated carbocycles. The van der Waals surface area contributed by atoms with Gasteiger partial charge < -0.3 is 14.5 Å². The van der Waals surface area contributed by atoms with Crippen LogP contribution < -0.4 is 0 Å². The van der Waals surface area contributed by atoms with Crippen LogP contribution in [0.25, 0.3) is 10.9 Å². The smallest absolute Gasteiger partial charge is 0.256 e. The number of aromatic amines is 1. The van der Waals surface area contributed by atoms with Gasteiger partial charge in [-0.05, 0) is 13.0 Å². The highest BCUT2D eigenvalue weighted by atomic mass is 19.1. The molecule has 3 aromatic rings. The highest BCUT2D eigenvalue weighted by molar-refractivity contribution is 6.07. The van der Waals surface area contributed by atoms with Gasteiger partial charge in [0.2, 0.25) is 0 Å². The largest absolute Gasteiger partial charge is 0.348 e. The lowest BCUT2D eigenvalue weighted by Crippen LogP contribution is -2.26. The summed E-state index contributed by atoms with van der Waals surface area (Å²) in [6, 6.07) is 4.78. The lowest BCUT2D eigenvalue weighted by molar-refractivity contribution is 0.0785. The summed E-state index contributed by atoms with van der Waals surface area (Å²) in [5, 5.41) is 0.623. The lowest BCUT2D eigenvalue weighted by atomic mass is 10.1. The number of rotatable bonds is 3. The number of aromatic nitrogens is 3. The van der Waals surface area contributed by atoms with Crippen LogP contribution >= 0.6 is 0 Å². The highest BCUT2D eigenvalue weighted by Gasteiger charge is 2.20. The molecule has 5 nitrogen and oxygen atoms in total. The van der Waals surface area contributed by atoms with Gasteiger partial charge in [-0.25, -0.2) is 9.37 Å². The second kappa shape index (κ2) is 5.29. The van der Waals surface area contributed by atoms with Gasteiger partial charge >= 0.3 is 0 Å². The normalized spacial score (nSPS) is 11.1. The number of nitrogens with zero attached hydrogens (tertiary/aromatic N) is 3. The number of imidazole rings is 1. The lowest BCUT2D eigenvalue weighted by Gasteiger charge is -2.16. The second-order valence-corrected chi connectivity index (χ2v) is 5.43. The Bertz CT molecular complexity index is 849. The highest BCUT2D eigenvalue weighted by Crippen LogP contribution is 2.24. The standard InChI is InChI=1S/C16H17FN4O/c1-10-14(19-9-18-10)8-21(3)16(22)12-7-20(2)15-11(12)5-4-6-13(15)17/h4-7,9H,8H2,1-3H3,(H,18,19). The third kappa shape index (κ3) is 2.26. The maximum Gasteiger partial charge on any atom is 0.256 e. The molecule has 0 atom stereocenters. The molecule has 22 heavy (non-hydrogen) atoms. The first kappa shape index (κ1) is 14.3. The Morgan fingerprint density at radius 1 is 1.45 bits per heavy atom. The van der Waals surface area contributed by atoms with Crippen LogP contribution in [0.1, 0.15) is 21.7 Å². The van der Waals surface area contributed by atoms with Crippen LogP contribution in [0.4, 0.5) is 4.39 Å². The van der Waals surface area contributed by atoms with Crippen LogP contribution in [0.3, 0.4) is 0 Å². The summed E-state index contributed by atoms with van der Waals surface area (Å²) >= 11 is 0. The molecule has 0 saturated heterocycles. The SMILES string of the molecule is Cc1[nH]cnc1CN(C)C(=O)c1cn(C)c2c(F)cccc12. The molecule has 3 rings (SSSR count). The van der Waals surface area contributed by atoms with Crippen LogP contribution in [0.15, 0.2) is 30.7 Å². The van der Waals surface area contributed by atoms with Gasteiger partial charge in [-0.15, -0.1) is 0 Å². The summed E-state index contributed by atoms with van der Waals surface area (Å²) in [6.45, 7) is 2.31. The van der Waals surface area contributed by atoms with Crippen LogP contribution in [0.2, 0.25) is 0 Å². The molecule has 0 aliphatic heterocycles. The molecule has 0 bridgehead atoms. The first-order chi connectivity index (χ1) is 10.5. The van der Waals surface area contributed by atoms with E-state index >= 15 is 0 Å². The number of hydrogen-bond donors (Lipinski definition) is 1. The third-order valence-corrected chi connectivity index (χ3v) is 3.85. The minimum absolute atomic E-state index is 0.154. The Hall–Kier alpha value is -2.63. The molecule has 6 heteroatoms. The van der Waals surface area contributed by atoms with Crippen LogP contribution in [-0.2, 0) is 13.6 Å². The Morgan fingerprint density at radius 2 is 2.23 bits per heavy atom. The first-order valence-corrected chi connectivity index (χ1v) is 6.97. The van der Waals surface area contributed by atoms with Crippen molar-refractivity contribution in [3.63, 3.8) is 0 Å². The zero-order valence-electron chi connectivity index (χ0n) is 12.7. The average molecular weight is 300 g/mol. The maximum absolute atomic E-state index is 13.9. The fourth-order valence-corrected chi connectivity index (χ4v) is 2.64. The van der Waals surface area contributed by atoms with Crippen LogP contribution in [0, 0.1) is 12.7 Å². The molecule has 0 fully saturated rings. The minimum atomic E-state index is -0.329. The molecule has 1 amide bonds. The molecular formula is C16H17FN4O. The topological polar surface area (TPSA) is 53.9 Å². The number of amides is 1. The van der Waals surface area contributed by atoms with Gasteiger partial charge in [0.25, 0.3) is 5.91 Å². The number of H-pyrrole nitrogens is 1. The fourth-order valence-electron chi connectivity index (χ4n) is 2.64. The van der Waals surface area contributed by atoms with Crippen LogP contribution in [0.5, 0.6) is 0 Å². The number of carbonyl (C=O) groups excluding carboxylic acids is 1. The number of fused-ring (bicyclic) bond motifs is 1. The Labute approximate surface area is 127 Å². The van der Waals surface area contributed by atoms with Gasteiger partial charge in [-0.3, -0.25) is 4.79 Å². The molecule has 0 radical (unpaired) electrons. The second-order valence-electron chi connectivity index (χ2n) is 5.43. The molecule has 0 spiro atoms. The summed E-state index contributed by atoms with van der Waals surface area (Å²) in [4.78, 5) is 21.4. The molecular weight excluding hydrogens is 283 g/mol. The molecule has 0 unspecified atom stereocenters. The molecule has 1 aromatic carbocycles. The van der Waals surface area contributed by atoms with Crippen molar-refractivity contribution >= 4 is 16.8 Å². The molecule has 0 aliphatic carbocycles. The van der Waals surface area contributed by atoms with Crippen molar-refractivity contribution < 1.29 is 9.18 Å². The van der Waals surface area contributed by atoms with E-state index in [1.807, 2.05) is 6.92 Å². The van der Waals surface area contributed by atoms with E-state index in [0.717, 1.165) is 11.4 Å². The van der Waals surface area contributed by atoms with E-state index in [9.17, 15) is 9.18 Å².